The molecule has 0 N–H and O–H groups in total. The molecule has 0 fully saturated rings. The van der Waals surface area contributed by atoms with Crippen LogP contribution in [0.25, 0.3) is 10.8 Å². The molecule has 0 saturated carbocycles. The van der Waals surface area contributed by atoms with Gasteiger partial charge in [0.1, 0.15) is 6.17 Å². The average molecular weight is 406 g/mol. The summed E-state index contributed by atoms with van der Waals surface area (Å²) in [6.45, 7) is 3.95. The molecular weight excluding hydrogens is 388 g/mol. The van der Waals surface area contributed by atoms with Crippen LogP contribution < -0.4 is 4.42 Å². The number of nitrogens with zero attached hydrogens (tertiary/aromatic N) is 3. The maximum absolute atomic E-state index is 14.3. The van der Waals surface area contributed by atoms with Gasteiger partial charge in [0.25, 0.3) is 5.91 Å². The minimum Gasteiger partial charge on any atom is -0.317 e. The van der Waals surface area contributed by atoms with Gasteiger partial charge >= 0.3 is 0 Å². The molecule has 140 valence electrons. The van der Waals surface area contributed by atoms with E-state index in [2.05, 4.69) is 4.98 Å². The van der Waals surface area contributed by atoms with E-state index >= 15 is 0 Å². The average Bonchev–Trinajstić information content (AvgIpc) is 2.69. The highest BCUT2D eigenvalue weighted by atomic mass is 35.5. The van der Waals surface area contributed by atoms with Crippen molar-refractivity contribution in [3.05, 3.63) is 71.3 Å². The van der Waals surface area contributed by atoms with Crippen LogP contribution >= 0.6 is 23.4 Å². The lowest BCUT2D eigenvalue weighted by Gasteiger charge is -2.34. The standard InChI is InChI=1S/C20H18Cl2FN3O/c1-3-25(13(2)26(22)18-10-6-9-17(21)19(18)23)20(27)16-12-24-11-14-7-4-5-8-15(14)16/h4-13H,3H2,1-2H3. The van der Waals surface area contributed by atoms with Crippen LogP contribution in [0.4, 0.5) is 10.1 Å². The third-order valence-electron chi connectivity index (χ3n) is 4.44. The molecular formula is C20H18Cl2FN3O. The molecule has 1 amide bonds. The normalized spacial score (nSPS) is 12.0. The molecule has 0 saturated heterocycles. The van der Waals surface area contributed by atoms with Gasteiger partial charge < -0.3 is 4.90 Å². The van der Waals surface area contributed by atoms with Crippen molar-refractivity contribution in [2.45, 2.75) is 20.0 Å². The number of carbonyl (C=O) groups is 1. The molecule has 1 aromatic heterocycles. The number of benzene rings is 2. The second-order valence-corrected chi connectivity index (χ2v) is 6.79. The third kappa shape index (κ3) is 3.70. The predicted molar refractivity (Wildman–Crippen MR) is 108 cm³/mol. The molecule has 3 rings (SSSR count). The van der Waals surface area contributed by atoms with Gasteiger partial charge in [-0.3, -0.25) is 14.2 Å². The summed E-state index contributed by atoms with van der Waals surface area (Å²) in [5.41, 5.74) is 0.581. The Morgan fingerprint density at radius 1 is 1.19 bits per heavy atom. The summed E-state index contributed by atoms with van der Waals surface area (Å²) in [5.74, 6) is -0.862. The first-order chi connectivity index (χ1) is 13.0. The molecule has 27 heavy (non-hydrogen) atoms. The van der Waals surface area contributed by atoms with Crippen LogP contribution in [-0.4, -0.2) is 28.5 Å². The summed E-state index contributed by atoms with van der Waals surface area (Å²) in [6.07, 6.45) is 2.63. The van der Waals surface area contributed by atoms with Crippen LogP contribution in [-0.2, 0) is 0 Å². The molecule has 2 aromatic carbocycles. The van der Waals surface area contributed by atoms with Gasteiger partial charge in [0.05, 0.1) is 16.3 Å². The van der Waals surface area contributed by atoms with Gasteiger partial charge in [0.15, 0.2) is 5.82 Å². The zero-order valence-corrected chi connectivity index (χ0v) is 16.4. The van der Waals surface area contributed by atoms with Crippen LogP contribution in [0.2, 0.25) is 5.02 Å². The Hall–Kier alpha value is -2.37. The van der Waals surface area contributed by atoms with E-state index in [4.69, 9.17) is 23.4 Å². The summed E-state index contributed by atoms with van der Waals surface area (Å²) in [4.78, 5) is 18.9. The molecule has 4 nitrogen and oxygen atoms in total. The Morgan fingerprint density at radius 3 is 2.67 bits per heavy atom. The fourth-order valence-electron chi connectivity index (χ4n) is 3.00. The minimum absolute atomic E-state index is 0.0296. The molecule has 1 unspecified atom stereocenters. The van der Waals surface area contributed by atoms with E-state index in [1.165, 1.54) is 16.6 Å². The van der Waals surface area contributed by atoms with Crippen LogP contribution in [0.5, 0.6) is 0 Å². The van der Waals surface area contributed by atoms with Gasteiger partial charge in [-0.1, -0.05) is 41.9 Å². The van der Waals surface area contributed by atoms with Crippen molar-refractivity contribution in [2.24, 2.45) is 0 Å². The van der Waals surface area contributed by atoms with Crippen molar-refractivity contribution in [1.29, 1.82) is 0 Å². The highest BCUT2D eigenvalue weighted by Gasteiger charge is 2.27. The van der Waals surface area contributed by atoms with E-state index in [1.807, 2.05) is 31.2 Å². The number of pyridine rings is 1. The molecule has 0 aliphatic rings. The second-order valence-electron chi connectivity index (χ2n) is 6.02. The van der Waals surface area contributed by atoms with E-state index < -0.39 is 12.0 Å². The monoisotopic (exact) mass is 405 g/mol. The van der Waals surface area contributed by atoms with E-state index in [9.17, 15) is 9.18 Å². The van der Waals surface area contributed by atoms with Crippen molar-refractivity contribution < 1.29 is 9.18 Å². The molecule has 0 bridgehead atoms. The Balaban J connectivity index is 1.95. The van der Waals surface area contributed by atoms with E-state index in [0.29, 0.717) is 12.1 Å². The second kappa shape index (κ2) is 8.11. The first kappa shape index (κ1) is 19.4. The zero-order valence-electron chi connectivity index (χ0n) is 14.9. The summed E-state index contributed by atoms with van der Waals surface area (Å²) >= 11 is 12.2. The number of carbonyl (C=O) groups excluding carboxylic acids is 1. The van der Waals surface area contributed by atoms with E-state index in [1.54, 1.807) is 30.3 Å². The summed E-state index contributed by atoms with van der Waals surface area (Å²) in [6, 6.07) is 12.1. The Morgan fingerprint density at radius 2 is 1.93 bits per heavy atom. The molecule has 0 spiro atoms. The zero-order chi connectivity index (χ0) is 19.6. The summed E-state index contributed by atoms with van der Waals surface area (Å²) in [7, 11) is 0. The van der Waals surface area contributed by atoms with Gasteiger partial charge in [-0.25, -0.2) is 4.39 Å². The molecule has 1 heterocycles. The quantitative estimate of drug-likeness (QED) is 0.415. The number of anilines is 1. The van der Waals surface area contributed by atoms with E-state index in [-0.39, 0.29) is 16.6 Å². The largest absolute Gasteiger partial charge is 0.317 e. The fraction of sp³-hybridized carbons (Fsp3) is 0.200. The molecule has 0 aliphatic heterocycles. The lowest BCUT2D eigenvalue weighted by Crippen LogP contribution is -2.46. The van der Waals surface area contributed by atoms with E-state index in [0.717, 1.165) is 10.8 Å². The van der Waals surface area contributed by atoms with Crippen molar-refractivity contribution >= 4 is 45.7 Å². The molecule has 0 radical (unpaired) electrons. The number of aromatic nitrogens is 1. The SMILES string of the molecule is CCN(C(=O)c1cncc2ccccc12)C(C)N(Cl)c1cccc(Cl)c1F. The van der Waals surface area contributed by atoms with Gasteiger partial charge in [-0.05, 0) is 31.4 Å². The Labute approximate surface area is 167 Å². The lowest BCUT2D eigenvalue weighted by molar-refractivity contribution is 0.0713. The molecule has 1 atom stereocenters. The van der Waals surface area contributed by atoms with Crippen molar-refractivity contribution in [1.82, 2.24) is 9.88 Å². The van der Waals surface area contributed by atoms with Crippen LogP contribution in [0.3, 0.4) is 0 Å². The number of hydrogen-bond acceptors (Lipinski definition) is 3. The highest BCUT2D eigenvalue weighted by Crippen LogP contribution is 2.30. The van der Waals surface area contributed by atoms with Crippen LogP contribution in [0, 0.1) is 5.82 Å². The van der Waals surface area contributed by atoms with Gasteiger partial charge in [0.2, 0.25) is 0 Å². The predicted octanol–water partition coefficient (Wildman–Crippen LogP) is 5.50. The van der Waals surface area contributed by atoms with Crippen LogP contribution in [0.1, 0.15) is 24.2 Å². The first-order valence-electron chi connectivity index (χ1n) is 8.48. The van der Waals surface area contributed by atoms with Crippen molar-refractivity contribution in [3.63, 3.8) is 0 Å². The van der Waals surface area contributed by atoms with Crippen molar-refractivity contribution in [3.8, 4) is 0 Å². The molecule has 3 aromatic rings. The summed E-state index contributed by atoms with van der Waals surface area (Å²) in [5, 5.41) is 1.65. The summed E-state index contributed by atoms with van der Waals surface area (Å²) < 4.78 is 15.5. The smallest absolute Gasteiger partial charge is 0.257 e. The van der Waals surface area contributed by atoms with Gasteiger partial charge in [0, 0.05) is 36.1 Å². The number of amides is 1. The van der Waals surface area contributed by atoms with Crippen LogP contribution in [0.15, 0.2) is 54.9 Å². The first-order valence-corrected chi connectivity index (χ1v) is 9.20. The maximum Gasteiger partial charge on any atom is 0.257 e. The number of hydrogen-bond donors (Lipinski definition) is 0. The lowest BCUT2D eigenvalue weighted by atomic mass is 10.1. The van der Waals surface area contributed by atoms with Crippen molar-refractivity contribution in [2.75, 3.05) is 11.0 Å². The molecule has 0 aliphatic carbocycles. The van der Waals surface area contributed by atoms with Gasteiger partial charge in [-0.2, -0.15) is 0 Å². The number of rotatable bonds is 5. The highest BCUT2D eigenvalue weighted by molar-refractivity contribution is 6.31. The topological polar surface area (TPSA) is 36.4 Å². The van der Waals surface area contributed by atoms with Gasteiger partial charge in [-0.15, -0.1) is 0 Å². The Kier molecular flexibility index (Phi) is 5.82. The fourth-order valence-corrected chi connectivity index (χ4v) is 3.41. The molecule has 7 heteroatoms. The number of fused-ring (bicyclic) bond motifs is 1. The third-order valence-corrected chi connectivity index (χ3v) is 5.20. The minimum atomic E-state index is -0.628. The Bertz CT molecular complexity index is 977. The maximum atomic E-state index is 14.3. The number of halogens is 3.